The molecule has 39 heavy (non-hydrogen) atoms. The summed E-state index contributed by atoms with van der Waals surface area (Å²) in [7, 11) is 0. The second-order valence-electron chi connectivity index (χ2n) is 9.58. The van der Waals surface area contributed by atoms with Crippen molar-refractivity contribution in [2.24, 2.45) is 0 Å². The molecule has 1 atom stereocenters. The normalized spacial score (nSPS) is 14.9. The van der Waals surface area contributed by atoms with Crippen LogP contribution in [-0.2, 0) is 16.1 Å². The molecule has 1 saturated heterocycles. The van der Waals surface area contributed by atoms with Gasteiger partial charge in [0.25, 0.3) is 5.91 Å². The topological polar surface area (TPSA) is 92.5 Å². The van der Waals surface area contributed by atoms with E-state index in [9.17, 15) is 11.0 Å². The fourth-order valence-electron chi connectivity index (χ4n) is 4.52. The third-order valence-corrected chi connectivity index (χ3v) is 6.68. The number of ether oxygens (including phenoxy) is 2. The van der Waals surface area contributed by atoms with Crippen LogP contribution in [0, 0.1) is 0 Å². The molecule has 1 aliphatic heterocycles. The first-order chi connectivity index (χ1) is 19.5. The lowest BCUT2D eigenvalue weighted by Gasteiger charge is -2.29. The van der Waals surface area contributed by atoms with Gasteiger partial charge in [-0.2, -0.15) is 0 Å². The van der Waals surface area contributed by atoms with Crippen molar-refractivity contribution in [2.75, 3.05) is 46.0 Å². The van der Waals surface area contributed by atoms with E-state index in [2.05, 4.69) is 4.90 Å². The molecule has 0 saturated carbocycles. The van der Waals surface area contributed by atoms with Crippen molar-refractivity contribution in [1.29, 1.82) is 0 Å². The van der Waals surface area contributed by atoms with E-state index in [1.807, 2.05) is 48.5 Å². The van der Waals surface area contributed by atoms with Crippen LogP contribution in [0.4, 0.5) is 0 Å². The van der Waals surface area contributed by atoms with Gasteiger partial charge in [0.2, 0.25) is 0 Å². The minimum absolute atomic E-state index is 0.148. The van der Waals surface area contributed by atoms with Crippen LogP contribution >= 0.6 is 0 Å². The molecule has 208 valence electrons. The summed E-state index contributed by atoms with van der Waals surface area (Å²) in [5.74, 6) is 0.294. The number of aliphatic carboxylic acids is 1. The van der Waals surface area contributed by atoms with Crippen LogP contribution in [0.15, 0.2) is 71.3 Å². The Hall–Kier alpha value is -3.62. The van der Waals surface area contributed by atoms with Gasteiger partial charge in [0.15, 0.2) is 0 Å². The largest absolute Gasteiger partial charge is 0.493 e. The molecular formula is C31H38N2O6. The standard InChI is InChI=1S/C31H38N2O6/c34-30(35)11-2-1-5-20-38-29-9-4-3-8-27(29)24-33(17-7-16-32-18-22-37-23-19-32)31(36)26-14-12-25(13-15-26)28-10-6-21-39-28/h3-4,6,8-10,12-15,21H,1-2,5,7,11,16-20,22-24H2,(H,34,35)/i24D. The predicted molar refractivity (Wildman–Crippen MR) is 149 cm³/mol. The Morgan fingerprint density at radius 2 is 1.77 bits per heavy atom. The summed E-state index contributed by atoms with van der Waals surface area (Å²) in [5, 5.41) is 8.82. The van der Waals surface area contributed by atoms with Gasteiger partial charge in [-0.05, 0) is 56.0 Å². The molecule has 8 heteroatoms. The zero-order chi connectivity index (χ0) is 28.2. The SMILES string of the molecule is [2H]C(c1ccccc1OCCCCCC(=O)O)N(CCCN1CCOCC1)C(=O)c1ccc(-c2ccco2)cc1. The van der Waals surface area contributed by atoms with Gasteiger partial charge in [0.05, 0.1) is 27.5 Å². The summed E-state index contributed by atoms with van der Waals surface area (Å²) in [6, 6.07) is 18.3. The van der Waals surface area contributed by atoms with Crippen molar-refractivity contribution in [2.45, 2.75) is 38.6 Å². The van der Waals surface area contributed by atoms with E-state index in [4.69, 9.17) is 19.0 Å². The summed E-state index contributed by atoms with van der Waals surface area (Å²) in [6.07, 6.45) is 4.57. The Morgan fingerprint density at radius 1 is 0.974 bits per heavy atom. The van der Waals surface area contributed by atoms with Gasteiger partial charge in [-0.15, -0.1) is 0 Å². The van der Waals surface area contributed by atoms with Crippen molar-refractivity contribution in [1.82, 2.24) is 9.80 Å². The first-order valence-electron chi connectivity index (χ1n) is 14.2. The third kappa shape index (κ3) is 8.97. The van der Waals surface area contributed by atoms with E-state index >= 15 is 0 Å². The van der Waals surface area contributed by atoms with Crippen molar-refractivity contribution < 1.29 is 30.0 Å². The highest BCUT2D eigenvalue weighted by molar-refractivity contribution is 5.94. The molecular weight excluding hydrogens is 496 g/mol. The molecule has 1 aromatic heterocycles. The van der Waals surface area contributed by atoms with Gasteiger partial charge >= 0.3 is 5.97 Å². The van der Waals surface area contributed by atoms with Gasteiger partial charge in [-0.25, -0.2) is 0 Å². The van der Waals surface area contributed by atoms with E-state index in [1.54, 1.807) is 23.3 Å². The van der Waals surface area contributed by atoms with Gasteiger partial charge < -0.3 is 23.9 Å². The second-order valence-corrected chi connectivity index (χ2v) is 9.58. The number of carbonyl (C=O) groups excluding carboxylic acids is 1. The number of nitrogens with zero attached hydrogens (tertiary/aromatic N) is 2. The number of amides is 1. The summed E-state index contributed by atoms with van der Waals surface area (Å²) in [6.45, 7) is 3.89. The molecule has 1 unspecified atom stereocenters. The molecule has 0 spiro atoms. The molecule has 3 aromatic rings. The fourth-order valence-corrected chi connectivity index (χ4v) is 4.52. The number of para-hydroxylation sites is 1. The van der Waals surface area contributed by atoms with Crippen molar-refractivity contribution in [3.05, 3.63) is 78.1 Å². The van der Waals surface area contributed by atoms with Gasteiger partial charge in [-0.3, -0.25) is 14.5 Å². The minimum atomic E-state index is -0.954. The number of carbonyl (C=O) groups is 2. The summed E-state index contributed by atoms with van der Waals surface area (Å²) in [4.78, 5) is 28.5. The zero-order valence-electron chi connectivity index (χ0n) is 23.3. The Labute approximate surface area is 231 Å². The van der Waals surface area contributed by atoms with Crippen LogP contribution in [0.25, 0.3) is 11.3 Å². The van der Waals surface area contributed by atoms with Crippen LogP contribution < -0.4 is 4.74 Å². The fraction of sp³-hybridized carbons (Fsp3) is 0.419. The molecule has 8 nitrogen and oxygen atoms in total. The van der Waals surface area contributed by atoms with Crippen LogP contribution in [0.1, 0.15) is 49.4 Å². The van der Waals surface area contributed by atoms with Crippen molar-refractivity contribution >= 4 is 11.9 Å². The average molecular weight is 536 g/mol. The quantitative estimate of drug-likeness (QED) is 0.263. The lowest BCUT2D eigenvalue weighted by atomic mass is 10.1. The maximum absolute atomic E-state index is 13.8. The molecule has 0 bridgehead atoms. The Kier molecular flexibility index (Phi) is 10.4. The highest BCUT2D eigenvalue weighted by Crippen LogP contribution is 2.24. The first-order valence-corrected chi connectivity index (χ1v) is 13.6. The lowest BCUT2D eigenvalue weighted by molar-refractivity contribution is -0.137. The highest BCUT2D eigenvalue weighted by Gasteiger charge is 2.19. The number of rotatable bonds is 15. The monoisotopic (exact) mass is 535 g/mol. The van der Waals surface area contributed by atoms with Crippen LogP contribution in [0.5, 0.6) is 5.75 Å². The molecule has 2 heterocycles. The van der Waals surface area contributed by atoms with E-state index in [0.717, 1.165) is 43.8 Å². The number of hydrogen-bond acceptors (Lipinski definition) is 6. The predicted octanol–water partition coefficient (Wildman–Crippen LogP) is 5.34. The number of carboxylic acids is 1. The Morgan fingerprint density at radius 3 is 2.51 bits per heavy atom. The molecule has 0 aliphatic carbocycles. The van der Waals surface area contributed by atoms with Crippen molar-refractivity contribution in [3.63, 3.8) is 0 Å². The second kappa shape index (κ2) is 15.1. The van der Waals surface area contributed by atoms with Gasteiger partial charge in [0, 0.05) is 55.8 Å². The van der Waals surface area contributed by atoms with Crippen molar-refractivity contribution in [3.8, 4) is 17.1 Å². The number of benzene rings is 2. The van der Waals surface area contributed by atoms with Gasteiger partial charge in [-0.1, -0.05) is 30.3 Å². The number of unbranched alkanes of at least 4 members (excludes halogenated alkanes) is 2. The van der Waals surface area contributed by atoms with Crippen LogP contribution in [-0.4, -0.2) is 72.8 Å². The Bertz CT molecular complexity index is 1190. The number of morpholine rings is 1. The molecule has 2 aromatic carbocycles. The average Bonchev–Trinajstić information content (AvgIpc) is 3.52. The number of hydrogen-bond donors (Lipinski definition) is 1. The molecule has 1 fully saturated rings. The van der Waals surface area contributed by atoms with Crippen LogP contribution in [0.3, 0.4) is 0 Å². The van der Waals surface area contributed by atoms with E-state index in [0.29, 0.717) is 56.1 Å². The van der Waals surface area contributed by atoms with E-state index < -0.39 is 12.5 Å². The van der Waals surface area contributed by atoms with Crippen LogP contribution in [0.2, 0.25) is 0 Å². The number of carboxylic acid groups (broad SMARTS) is 1. The maximum atomic E-state index is 13.8. The number of furan rings is 1. The summed E-state index contributed by atoms with van der Waals surface area (Å²) in [5.41, 5.74) is 2.01. The zero-order valence-corrected chi connectivity index (χ0v) is 22.3. The van der Waals surface area contributed by atoms with E-state index in [-0.39, 0.29) is 12.3 Å². The molecule has 1 N–H and O–H groups in total. The lowest BCUT2D eigenvalue weighted by Crippen LogP contribution is -2.39. The molecule has 4 rings (SSSR count). The summed E-state index contributed by atoms with van der Waals surface area (Å²) < 4.78 is 26.1. The maximum Gasteiger partial charge on any atom is 0.303 e. The smallest absolute Gasteiger partial charge is 0.303 e. The van der Waals surface area contributed by atoms with E-state index in [1.165, 1.54) is 0 Å². The minimum Gasteiger partial charge on any atom is -0.493 e. The summed E-state index contributed by atoms with van der Waals surface area (Å²) >= 11 is 0. The van der Waals surface area contributed by atoms with Gasteiger partial charge in [0.1, 0.15) is 11.5 Å². The molecule has 1 amide bonds. The highest BCUT2D eigenvalue weighted by atomic mass is 16.5. The third-order valence-electron chi connectivity index (χ3n) is 6.68. The Balaban J connectivity index is 1.46. The first kappa shape index (κ1) is 27.0. The molecule has 0 radical (unpaired) electrons. The molecule has 1 aliphatic rings.